The first kappa shape index (κ1) is 20.2. The second-order valence-electron chi connectivity index (χ2n) is 7.73. The fourth-order valence-corrected chi connectivity index (χ4v) is 4.15. The molecule has 2 heteroatoms. The third kappa shape index (κ3) is 4.24. The average Bonchev–Trinajstić information content (AvgIpc) is 3.27. The van der Waals surface area contributed by atoms with Crippen LogP contribution in [0.15, 0.2) is 90.5 Å². The molecule has 1 aliphatic heterocycles. The Hall–Kier alpha value is -3.10. The lowest BCUT2D eigenvalue weighted by atomic mass is 9.92. The van der Waals surface area contributed by atoms with Crippen molar-refractivity contribution < 1.29 is 9.84 Å². The highest BCUT2D eigenvalue weighted by Crippen LogP contribution is 2.33. The summed E-state index contributed by atoms with van der Waals surface area (Å²) in [7, 11) is 0. The summed E-state index contributed by atoms with van der Waals surface area (Å²) in [6.07, 6.45) is 7.31. The van der Waals surface area contributed by atoms with E-state index in [1.165, 1.54) is 22.3 Å². The SMILES string of the molecule is C=C(CC)C1=CCOC1CC/C(=C/c1ccc(O)c2ccccc12)c1ccccc1. The maximum absolute atomic E-state index is 10.2. The van der Waals surface area contributed by atoms with Gasteiger partial charge in [0.25, 0.3) is 0 Å². The van der Waals surface area contributed by atoms with Crippen LogP contribution >= 0.6 is 0 Å². The van der Waals surface area contributed by atoms with Gasteiger partial charge in [-0.05, 0) is 58.6 Å². The number of fused-ring (bicyclic) bond motifs is 1. The zero-order chi connectivity index (χ0) is 20.9. The zero-order valence-corrected chi connectivity index (χ0v) is 17.5. The summed E-state index contributed by atoms with van der Waals surface area (Å²) in [5.74, 6) is 0.316. The molecule has 2 nitrogen and oxygen atoms in total. The van der Waals surface area contributed by atoms with E-state index in [1.807, 2.05) is 30.3 Å². The van der Waals surface area contributed by atoms with Crippen LogP contribution in [0.4, 0.5) is 0 Å². The number of aromatic hydroxyl groups is 1. The second-order valence-corrected chi connectivity index (χ2v) is 7.73. The number of phenolic OH excluding ortho intramolecular Hbond substituents is 1. The lowest BCUT2D eigenvalue weighted by Crippen LogP contribution is -2.11. The van der Waals surface area contributed by atoms with Crippen molar-refractivity contribution in [1.82, 2.24) is 0 Å². The number of benzene rings is 3. The summed E-state index contributed by atoms with van der Waals surface area (Å²) in [6, 6.07) is 22.3. The molecule has 0 radical (unpaired) electrons. The van der Waals surface area contributed by atoms with Gasteiger partial charge in [0.15, 0.2) is 0 Å². The second kappa shape index (κ2) is 9.15. The predicted molar refractivity (Wildman–Crippen MR) is 126 cm³/mol. The van der Waals surface area contributed by atoms with E-state index >= 15 is 0 Å². The molecule has 0 saturated heterocycles. The van der Waals surface area contributed by atoms with Gasteiger partial charge < -0.3 is 9.84 Å². The summed E-state index contributed by atoms with van der Waals surface area (Å²) in [5.41, 5.74) is 6.03. The number of hydrogen-bond donors (Lipinski definition) is 1. The van der Waals surface area contributed by atoms with Gasteiger partial charge in [0, 0.05) is 5.39 Å². The molecule has 3 aromatic rings. The zero-order valence-electron chi connectivity index (χ0n) is 17.5. The third-order valence-corrected chi connectivity index (χ3v) is 5.87. The monoisotopic (exact) mass is 396 g/mol. The standard InChI is InChI=1S/C28H28O2/c1-3-20(2)24-17-18-30-28(24)16-14-22(21-9-5-4-6-10-21)19-23-13-15-27(29)26-12-8-7-11-25(23)26/h4-13,15,17,19,28-29H,2-3,14,16,18H2,1H3/b22-19-. The quantitative estimate of drug-likeness (QED) is 0.429. The molecule has 1 unspecified atom stereocenters. The van der Waals surface area contributed by atoms with Crippen molar-refractivity contribution in [3.05, 3.63) is 102 Å². The first-order valence-corrected chi connectivity index (χ1v) is 10.6. The van der Waals surface area contributed by atoms with E-state index in [2.05, 4.69) is 56.0 Å². The van der Waals surface area contributed by atoms with Crippen LogP contribution in [-0.4, -0.2) is 17.8 Å². The summed E-state index contributed by atoms with van der Waals surface area (Å²) >= 11 is 0. The van der Waals surface area contributed by atoms with Crippen molar-refractivity contribution in [3.63, 3.8) is 0 Å². The molecule has 4 rings (SSSR count). The molecule has 30 heavy (non-hydrogen) atoms. The maximum Gasteiger partial charge on any atom is 0.123 e. The molecule has 0 aromatic heterocycles. The van der Waals surface area contributed by atoms with Crippen LogP contribution in [0.25, 0.3) is 22.4 Å². The molecular weight excluding hydrogens is 368 g/mol. The first-order chi connectivity index (χ1) is 14.7. The Morgan fingerprint density at radius 1 is 1.03 bits per heavy atom. The van der Waals surface area contributed by atoms with Crippen LogP contribution in [0.1, 0.15) is 37.3 Å². The summed E-state index contributed by atoms with van der Waals surface area (Å²) in [5, 5.41) is 12.2. The molecule has 1 aliphatic rings. The summed E-state index contributed by atoms with van der Waals surface area (Å²) in [4.78, 5) is 0. The van der Waals surface area contributed by atoms with Gasteiger partial charge in [-0.1, -0.05) is 86.3 Å². The smallest absolute Gasteiger partial charge is 0.123 e. The Balaban J connectivity index is 1.68. The minimum absolute atomic E-state index is 0.112. The minimum Gasteiger partial charge on any atom is -0.507 e. The Bertz CT molecular complexity index is 1110. The molecular formula is C28H28O2. The lowest BCUT2D eigenvalue weighted by molar-refractivity contribution is 0.117. The topological polar surface area (TPSA) is 29.5 Å². The fraction of sp³-hybridized carbons (Fsp3) is 0.214. The largest absolute Gasteiger partial charge is 0.507 e. The van der Waals surface area contributed by atoms with E-state index in [-0.39, 0.29) is 6.10 Å². The lowest BCUT2D eigenvalue weighted by Gasteiger charge is -2.18. The van der Waals surface area contributed by atoms with Gasteiger partial charge in [-0.15, -0.1) is 0 Å². The average molecular weight is 397 g/mol. The molecule has 0 amide bonds. The van der Waals surface area contributed by atoms with E-state index in [0.717, 1.165) is 35.6 Å². The number of allylic oxidation sites excluding steroid dienone is 1. The van der Waals surface area contributed by atoms with Crippen molar-refractivity contribution in [2.75, 3.05) is 6.61 Å². The van der Waals surface area contributed by atoms with Crippen molar-refractivity contribution in [2.45, 2.75) is 32.3 Å². The molecule has 1 N–H and O–H groups in total. The highest BCUT2D eigenvalue weighted by atomic mass is 16.5. The Morgan fingerprint density at radius 2 is 1.77 bits per heavy atom. The first-order valence-electron chi connectivity index (χ1n) is 10.6. The normalized spacial score (nSPS) is 16.6. The van der Waals surface area contributed by atoms with Crippen LogP contribution in [0.5, 0.6) is 5.75 Å². The van der Waals surface area contributed by atoms with E-state index in [1.54, 1.807) is 6.07 Å². The van der Waals surface area contributed by atoms with Crippen molar-refractivity contribution in [2.24, 2.45) is 0 Å². The molecule has 0 aliphatic carbocycles. The van der Waals surface area contributed by atoms with Gasteiger partial charge >= 0.3 is 0 Å². The summed E-state index contributed by atoms with van der Waals surface area (Å²) < 4.78 is 6.00. The molecule has 0 fully saturated rings. The van der Waals surface area contributed by atoms with Gasteiger partial charge in [-0.2, -0.15) is 0 Å². The minimum atomic E-state index is 0.112. The number of ether oxygens (including phenoxy) is 1. The molecule has 0 spiro atoms. The predicted octanol–water partition coefficient (Wildman–Crippen LogP) is 7.16. The molecule has 152 valence electrons. The number of hydrogen-bond acceptors (Lipinski definition) is 2. The van der Waals surface area contributed by atoms with E-state index in [9.17, 15) is 5.11 Å². The number of phenols is 1. The van der Waals surface area contributed by atoms with Gasteiger partial charge in [0.2, 0.25) is 0 Å². The highest BCUT2D eigenvalue weighted by Gasteiger charge is 2.21. The van der Waals surface area contributed by atoms with E-state index in [0.29, 0.717) is 12.4 Å². The third-order valence-electron chi connectivity index (χ3n) is 5.87. The van der Waals surface area contributed by atoms with Crippen molar-refractivity contribution in [3.8, 4) is 5.75 Å². The molecule has 0 saturated carbocycles. The Morgan fingerprint density at radius 3 is 2.53 bits per heavy atom. The fourth-order valence-electron chi connectivity index (χ4n) is 4.15. The van der Waals surface area contributed by atoms with Gasteiger partial charge in [0.1, 0.15) is 5.75 Å². The van der Waals surface area contributed by atoms with E-state index in [4.69, 9.17) is 4.74 Å². The molecule has 1 heterocycles. The van der Waals surface area contributed by atoms with Crippen LogP contribution in [0.2, 0.25) is 0 Å². The van der Waals surface area contributed by atoms with Crippen LogP contribution in [0.3, 0.4) is 0 Å². The maximum atomic E-state index is 10.2. The van der Waals surface area contributed by atoms with Crippen LogP contribution < -0.4 is 0 Å². The van der Waals surface area contributed by atoms with Gasteiger partial charge in [-0.3, -0.25) is 0 Å². The van der Waals surface area contributed by atoms with Crippen molar-refractivity contribution >= 4 is 22.4 Å². The van der Waals surface area contributed by atoms with E-state index < -0.39 is 0 Å². The summed E-state index contributed by atoms with van der Waals surface area (Å²) in [6.45, 7) is 7.03. The Kier molecular flexibility index (Phi) is 6.15. The van der Waals surface area contributed by atoms with Gasteiger partial charge in [-0.25, -0.2) is 0 Å². The molecule has 0 bridgehead atoms. The Labute approximate surface area is 178 Å². The molecule has 1 atom stereocenters. The highest BCUT2D eigenvalue weighted by molar-refractivity contribution is 5.98. The van der Waals surface area contributed by atoms with Crippen LogP contribution in [0, 0.1) is 0 Å². The van der Waals surface area contributed by atoms with Crippen LogP contribution in [-0.2, 0) is 4.74 Å². The van der Waals surface area contributed by atoms with Crippen molar-refractivity contribution in [1.29, 1.82) is 0 Å². The number of rotatable bonds is 7. The van der Waals surface area contributed by atoms with Gasteiger partial charge in [0.05, 0.1) is 12.7 Å². The molecule has 3 aromatic carbocycles.